The molecule has 1 N–H and O–H groups in total. The summed E-state index contributed by atoms with van der Waals surface area (Å²) in [5.41, 5.74) is 4.23. The highest BCUT2D eigenvalue weighted by atomic mass is 32.2. The molecule has 2 fully saturated rings. The molecule has 0 saturated carbocycles. The zero-order chi connectivity index (χ0) is 33.5. The molecule has 0 spiro atoms. The van der Waals surface area contributed by atoms with Crippen LogP contribution >= 0.6 is 24.0 Å². The Balaban J connectivity index is 1.15. The molecule has 6 rings (SSSR count). The van der Waals surface area contributed by atoms with Crippen molar-refractivity contribution in [3.63, 3.8) is 0 Å². The van der Waals surface area contributed by atoms with Gasteiger partial charge in [-0.1, -0.05) is 42.2 Å². The standard InChI is InChI=1S/C36H36N2O8S2/c1-42-31-6-3-24(20-34(39)40)19-32(31)44-14-2-10-38-35(41)33(48-36(38)47)23-28-22-26(25-4-7-29-27(21-25)9-15-45-29)5-8-30(28)46-18-13-37-11-16-43-17-12-37/h3-9,15,19,21-23H,2,10-14,16-18,20H2,1H3,(H,39,40). The maximum absolute atomic E-state index is 13.6. The Hall–Kier alpha value is -4.36. The topological polar surface area (TPSA) is 111 Å². The van der Waals surface area contributed by atoms with E-state index in [1.54, 1.807) is 29.4 Å². The molecule has 10 nitrogen and oxygen atoms in total. The normalized spacial score (nSPS) is 16.2. The monoisotopic (exact) mass is 688 g/mol. The highest BCUT2D eigenvalue weighted by Gasteiger charge is 2.32. The number of carbonyl (C=O) groups excluding carboxylic acids is 1. The van der Waals surface area contributed by atoms with Crippen molar-refractivity contribution < 1.29 is 38.1 Å². The van der Waals surface area contributed by atoms with Gasteiger partial charge in [-0.15, -0.1) is 0 Å². The van der Waals surface area contributed by atoms with E-state index in [1.807, 2.05) is 42.5 Å². The van der Waals surface area contributed by atoms with Gasteiger partial charge in [0, 0.05) is 37.1 Å². The van der Waals surface area contributed by atoms with Gasteiger partial charge in [-0.2, -0.15) is 0 Å². The third-order valence-corrected chi connectivity index (χ3v) is 9.47. The third-order valence-electron chi connectivity index (χ3n) is 8.09. The second-order valence-electron chi connectivity index (χ2n) is 11.3. The summed E-state index contributed by atoms with van der Waals surface area (Å²) in [7, 11) is 1.53. The molecule has 0 radical (unpaired) electrons. The fraction of sp³-hybridized carbons (Fsp3) is 0.306. The number of carboxylic acids is 1. The van der Waals surface area contributed by atoms with E-state index in [4.69, 9.17) is 40.7 Å². The largest absolute Gasteiger partial charge is 0.493 e. The van der Waals surface area contributed by atoms with Gasteiger partial charge < -0.3 is 28.5 Å². The Kier molecular flexibility index (Phi) is 11.0. The lowest BCUT2D eigenvalue weighted by atomic mass is 10.0. The summed E-state index contributed by atoms with van der Waals surface area (Å²) in [5, 5.41) is 10.1. The summed E-state index contributed by atoms with van der Waals surface area (Å²) in [4.78, 5) is 29.2. The van der Waals surface area contributed by atoms with Crippen LogP contribution in [0.5, 0.6) is 17.2 Å². The van der Waals surface area contributed by atoms with Gasteiger partial charge in [-0.05, 0) is 71.7 Å². The first kappa shape index (κ1) is 33.5. The lowest BCUT2D eigenvalue weighted by Crippen LogP contribution is -2.38. The lowest BCUT2D eigenvalue weighted by molar-refractivity contribution is -0.136. The van der Waals surface area contributed by atoms with Crippen molar-refractivity contribution in [3.05, 3.63) is 83.0 Å². The minimum Gasteiger partial charge on any atom is -0.493 e. The molecule has 3 aromatic carbocycles. The van der Waals surface area contributed by atoms with Crippen molar-refractivity contribution in [2.24, 2.45) is 0 Å². The van der Waals surface area contributed by atoms with Crippen LogP contribution < -0.4 is 14.2 Å². The second kappa shape index (κ2) is 15.7. The van der Waals surface area contributed by atoms with Crippen molar-refractivity contribution in [2.75, 3.05) is 59.7 Å². The fourth-order valence-electron chi connectivity index (χ4n) is 5.59. The van der Waals surface area contributed by atoms with Gasteiger partial charge in [0.1, 0.15) is 22.3 Å². The number of hydrogen-bond acceptors (Lipinski definition) is 10. The van der Waals surface area contributed by atoms with Crippen LogP contribution in [-0.4, -0.2) is 90.8 Å². The van der Waals surface area contributed by atoms with Crippen molar-refractivity contribution in [1.82, 2.24) is 9.80 Å². The number of aliphatic carboxylic acids is 1. The van der Waals surface area contributed by atoms with Crippen molar-refractivity contribution in [3.8, 4) is 28.4 Å². The number of thiocarbonyl (C=S) groups is 1. The SMILES string of the molecule is COc1ccc(CC(=O)O)cc1OCCCN1C(=O)C(=Cc2cc(-c3ccc4occc4c3)ccc2OCCN2CCOCC2)SC1=S. The Bertz CT molecular complexity index is 1830. The van der Waals surface area contributed by atoms with Crippen LogP contribution in [0.2, 0.25) is 0 Å². The van der Waals surface area contributed by atoms with E-state index in [0.29, 0.717) is 51.6 Å². The number of fused-ring (bicyclic) bond motifs is 1. The zero-order valence-corrected chi connectivity index (χ0v) is 28.1. The number of carbonyl (C=O) groups is 2. The van der Waals surface area contributed by atoms with Crippen molar-refractivity contribution in [2.45, 2.75) is 12.8 Å². The molecule has 1 amide bonds. The van der Waals surface area contributed by atoms with Crippen LogP contribution in [-0.2, 0) is 20.7 Å². The van der Waals surface area contributed by atoms with Crippen LogP contribution in [0, 0.1) is 0 Å². The first-order chi connectivity index (χ1) is 23.4. The first-order valence-electron chi connectivity index (χ1n) is 15.7. The summed E-state index contributed by atoms with van der Waals surface area (Å²) in [6.45, 7) is 5.15. The number of ether oxygens (including phenoxy) is 4. The van der Waals surface area contributed by atoms with Crippen LogP contribution in [0.25, 0.3) is 28.2 Å². The maximum atomic E-state index is 13.6. The summed E-state index contributed by atoms with van der Waals surface area (Å²) in [6.07, 6.45) is 3.93. The van der Waals surface area contributed by atoms with Crippen molar-refractivity contribution in [1.29, 1.82) is 0 Å². The maximum Gasteiger partial charge on any atom is 0.307 e. The molecule has 0 aliphatic carbocycles. The molecule has 2 saturated heterocycles. The molecular formula is C36H36N2O8S2. The predicted molar refractivity (Wildman–Crippen MR) is 189 cm³/mol. The Morgan fingerprint density at radius 1 is 0.958 bits per heavy atom. The van der Waals surface area contributed by atoms with E-state index < -0.39 is 5.97 Å². The molecule has 0 atom stereocenters. The highest BCUT2D eigenvalue weighted by Crippen LogP contribution is 2.37. The van der Waals surface area contributed by atoms with E-state index in [0.717, 1.165) is 60.5 Å². The molecule has 3 heterocycles. The summed E-state index contributed by atoms with van der Waals surface area (Å²) < 4.78 is 29.0. The summed E-state index contributed by atoms with van der Waals surface area (Å²) in [6, 6.07) is 19.1. The van der Waals surface area contributed by atoms with Gasteiger partial charge >= 0.3 is 5.97 Å². The number of amides is 1. The van der Waals surface area contributed by atoms with Crippen LogP contribution in [0.1, 0.15) is 17.5 Å². The molecule has 2 aliphatic rings. The van der Waals surface area contributed by atoms with Crippen LogP contribution in [0.3, 0.4) is 0 Å². The molecule has 12 heteroatoms. The number of furan rings is 1. The number of morpholine rings is 1. The van der Waals surface area contributed by atoms with Gasteiger partial charge in [0.2, 0.25) is 0 Å². The van der Waals surface area contributed by atoms with E-state index in [2.05, 4.69) is 11.0 Å². The number of benzene rings is 3. The third kappa shape index (κ3) is 8.19. The quantitative estimate of drug-likeness (QED) is 0.0941. The number of carboxylic acid groups (broad SMARTS) is 1. The van der Waals surface area contributed by atoms with Gasteiger partial charge in [0.25, 0.3) is 5.91 Å². The Labute approximate surface area is 288 Å². The molecule has 0 bridgehead atoms. The number of hydrogen-bond donors (Lipinski definition) is 1. The first-order valence-corrected chi connectivity index (χ1v) is 16.9. The average molecular weight is 689 g/mol. The van der Waals surface area contributed by atoms with Gasteiger partial charge in [-0.3, -0.25) is 19.4 Å². The predicted octanol–water partition coefficient (Wildman–Crippen LogP) is 6.12. The van der Waals surface area contributed by atoms with E-state index >= 15 is 0 Å². The Morgan fingerprint density at radius 3 is 2.54 bits per heavy atom. The number of methoxy groups -OCH3 is 1. The molecule has 1 aromatic heterocycles. The number of nitrogens with zero attached hydrogens (tertiary/aromatic N) is 2. The smallest absolute Gasteiger partial charge is 0.307 e. The number of rotatable bonds is 14. The minimum atomic E-state index is -0.928. The summed E-state index contributed by atoms with van der Waals surface area (Å²) >= 11 is 6.89. The second-order valence-corrected chi connectivity index (χ2v) is 13.0. The molecular weight excluding hydrogens is 653 g/mol. The fourth-order valence-corrected chi connectivity index (χ4v) is 6.88. The number of thioether (sulfide) groups is 1. The van der Waals surface area contributed by atoms with E-state index in [9.17, 15) is 9.59 Å². The van der Waals surface area contributed by atoms with Crippen molar-refractivity contribution >= 4 is 57.2 Å². The molecule has 4 aromatic rings. The van der Waals surface area contributed by atoms with Gasteiger partial charge in [0.05, 0.1) is 44.5 Å². The zero-order valence-electron chi connectivity index (χ0n) is 26.5. The molecule has 0 unspecified atom stereocenters. The Morgan fingerprint density at radius 2 is 1.73 bits per heavy atom. The van der Waals surface area contributed by atoms with E-state index in [-0.39, 0.29) is 18.9 Å². The highest BCUT2D eigenvalue weighted by molar-refractivity contribution is 8.26. The minimum absolute atomic E-state index is 0.119. The van der Waals surface area contributed by atoms with Crippen LogP contribution in [0.15, 0.2) is 76.2 Å². The molecule has 250 valence electrons. The van der Waals surface area contributed by atoms with Crippen LogP contribution in [0.4, 0.5) is 0 Å². The summed E-state index contributed by atoms with van der Waals surface area (Å²) in [5.74, 6) is 0.550. The molecule has 2 aliphatic heterocycles. The van der Waals surface area contributed by atoms with Gasteiger partial charge in [-0.25, -0.2) is 0 Å². The molecule has 48 heavy (non-hydrogen) atoms. The average Bonchev–Trinajstić information content (AvgIpc) is 3.66. The van der Waals surface area contributed by atoms with E-state index in [1.165, 1.54) is 18.9 Å². The van der Waals surface area contributed by atoms with Gasteiger partial charge in [0.15, 0.2) is 11.5 Å². The lowest BCUT2D eigenvalue weighted by Gasteiger charge is -2.26.